The Labute approximate surface area is 123 Å². The van der Waals surface area contributed by atoms with E-state index < -0.39 is 5.95 Å². The van der Waals surface area contributed by atoms with Crippen LogP contribution in [0, 0.1) is 23.2 Å². The van der Waals surface area contributed by atoms with E-state index in [1.807, 2.05) is 13.8 Å². The lowest BCUT2D eigenvalue weighted by Gasteiger charge is -2.11. The van der Waals surface area contributed by atoms with Crippen LogP contribution in [0.5, 0.6) is 5.75 Å². The molecule has 2 rings (SSSR count). The molecule has 1 aliphatic heterocycles. The van der Waals surface area contributed by atoms with Gasteiger partial charge in [-0.2, -0.15) is 14.6 Å². The molecule has 1 fully saturated rings. The third-order valence-electron chi connectivity index (χ3n) is 3.15. The van der Waals surface area contributed by atoms with Crippen LogP contribution in [0.3, 0.4) is 0 Å². The number of aromatic nitrogens is 1. The van der Waals surface area contributed by atoms with Crippen LogP contribution in [0.15, 0.2) is 12.1 Å². The highest BCUT2D eigenvalue weighted by Gasteiger charge is 2.34. The van der Waals surface area contributed by atoms with Crippen LogP contribution in [-0.4, -0.2) is 40.5 Å². The molecule has 0 bridgehead atoms. The van der Waals surface area contributed by atoms with E-state index in [0.29, 0.717) is 13.0 Å². The molecule has 1 amide bonds. The lowest BCUT2D eigenvalue weighted by atomic mass is 10.1. The summed E-state index contributed by atoms with van der Waals surface area (Å²) in [5.41, 5.74) is 0. The average molecular weight is 294 g/mol. The first-order chi connectivity index (χ1) is 10.0. The molecule has 0 radical (unpaired) electrons. The molecule has 2 unspecified atom stereocenters. The van der Waals surface area contributed by atoms with Gasteiger partial charge in [0.1, 0.15) is 0 Å². The molecule has 0 spiro atoms. The quantitative estimate of drug-likeness (QED) is 0.811. The number of carbonyl (C=O) groups excluding carboxylic acids is 1. The molecule has 0 saturated carbocycles. The second-order valence-corrected chi connectivity index (χ2v) is 4.51. The van der Waals surface area contributed by atoms with Gasteiger partial charge in [0, 0.05) is 6.54 Å². The number of nitrogens with zero attached hydrogens (tertiary/aromatic N) is 3. The smallest absolute Gasteiger partial charge is 0.230 e. The molecule has 2 N–H and O–H groups in total. The number of rotatable bonds is 2. The summed E-state index contributed by atoms with van der Waals surface area (Å²) in [4.78, 5) is 17.2. The zero-order chi connectivity index (χ0) is 16.0. The number of likely N-dealkylation sites (tertiary alicyclic amines) is 1. The Kier molecular flexibility index (Phi) is 6.06. The Balaban J connectivity index is 0.00000106. The third-order valence-corrected chi connectivity index (χ3v) is 3.15. The van der Waals surface area contributed by atoms with Crippen molar-refractivity contribution in [2.75, 3.05) is 18.9 Å². The summed E-state index contributed by atoms with van der Waals surface area (Å²) in [7, 11) is 1.76. The molecule has 2 atom stereocenters. The second kappa shape index (κ2) is 7.55. The lowest BCUT2D eigenvalue weighted by molar-refractivity contribution is -0.119. The van der Waals surface area contributed by atoms with E-state index in [0.717, 1.165) is 12.1 Å². The van der Waals surface area contributed by atoms with E-state index >= 15 is 0 Å². The van der Waals surface area contributed by atoms with Gasteiger partial charge in [-0.05, 0) is 25.6 Å². The van der Waals surface area contributed by atoms with Crippen LogP contribution in [0.4, 0.5) is 10.2 Å². The summed E-state index contributed by atoms with van der Waals surface area (Å²) in [5.74, 6) is -2.03. The van der Waals surface area contributed by atoms with Crippen molar-refractivity contribution in [1.82, 2.24) is 9.88 Å². The van der Waals surface area contributed by atoms with Crippen molar-refractivity contribution in [2.45, 2.75) is 26.3 Å². The number of nitrogens with one attached hydrogen (secondary N) is 1. The van der Waals surface area contributed by atoms with Crippen molar-refractivity contribution < 1.29 is 14.3 Å². The van der Waals surface area contributed by atoms with Gasteiger partial charge in [0.05, 0.1) is 18.0 Å². The Bertz CT molecular complexity index is 544. The van der Waals surface area contributed by atoms with E-state index in [1.165, 1.54) is 0 Å². The predicted molar refractivity (Wildman–Crippen MR) is 76.0 cm³/mol. The highest BCUT2D eigenvalue weighted by atomic mass is 19.1. The number of hydrogen-bond acceptors (Lipinski definition) is 5. The first-order valence-corrected chi connectivity index (χ1v) is 6.77. The molecular formula is C14H19FN4O2. The third kappa shape index (κ3) is 4.13. The monoisotopic (exact) mass is 294 g/mol. The van der Waals surface area contributed by atoms with E-state index in [-0.39, 0.29) is 29.4 Å². The fourth-order valence-corrected chi connectivity index (χ4v) is 2.08. The summed E-state index contributed by atoms with van der Waals surface area (Å²) in [6.45, 7) is 4.44. The van der Waals surface area contributed by atoms with Crippen molar-refractivity contribution >= 4 is 11.7 Å². The van der Waals surface area contributed by atoms with Gasteiger partial charge in [-0.3, -0.25) is 9.69 Å². The first-order valence-electron chi connectivity index (χ1n) is 6.77. The average Bonchev–Trinajstić information content (AvgIpc) is 2.86. The Hall–Kier alpha value is -2.20. The van der Waals surface area contributed by atoms with Crippen LogP contribution in [0.2, 0.25) is 0 Å². The molecule has 6 nitrogen and oxygen atoms in total. The van der Waals surface area contributed by atoms with Crippen LogP contribution < -0.4 is 5.32 Å². The predicted octanol–water partition coefficient (Wildman–Crippen LogP) is 1.73. The highest BCUT2D eigenvalue weighted by Crippen LogP contribution is 2.25. The number of amides is 1. The molecular weight excluding hydrogens is 275 g/mol. The zero-order valence-electron chi connectivity index (χ0n) is 12.3. The molecule has 0 aliphatic carbocycles. The number of halogens is 1. The summed E-state index contributed by atoms with van der Waals surface area (Å²) in [6.07, 6.45) is 0.412. The summed E-state index contributed by atoms with van der Waals surface area (Å²) in [6, 6.07) is 3.92. The van der Waals surface area contributed by atoms with E-state index in [9.17, 15) is 14.3 Å². The van der Waals surface area contributed by atoms with Gasteiger partial charge in [0.15, 0.2) is 11.6 Å². The van der Waals surface area contributed by atoms with Crippen LogP contribution in [0.25, 0.3) is 0 Å². The highest BCUT2D eigenvalue weighted by molar-refractivity contribution is 5.93. The van der Waals surface area contributed by atoms with Crippen molar-refractivity contribution in [1.29, 1.82) is 5.26 Å². The fourth-order valence-electron chi connectivity index (χ4n) is 2.08. The van der Waals surface area contributed by atoms with E-state index in [2.05, 4.69) is 16.4 Å². The summed E-state index contributed by atoms with van der Waals surface area (Å²) >= 11 is 0. The zero-order valence-corrected chi connectivity index (χ0v) is 12.3. The van der Waals surface area contributed by atoms with Crippen LogP contribution in [0.1, 0.15) is 20.3 Å². The number of hydrogen-bond donors (Lipinski definition) is 2. The van der Waals surface area contributed by atoms with Gasteiger partial charge in [-0.25, -0.2) is 0 Å². The molecule has 2 heterocycles. The Morgan fingerprint density at radius 3 is 2.81 bits per heavy atom. The minimum Gasteiger partial charge on any atom is -0.504 e. The first kappa shape index (κ1) is 16.9. The molecule has 114 valence electrons. The Morgan fingerprint density at radius 1 is 1.57 bits per heavy atom. The second-order valence-electron chi connectivity index (χ2n) is 4.51. The lowest BCUT2D eigenvalue weighted by Crippen LogP contribution is -2.26. The van der Waals surface area contributed by atoms with E-state index in [1.54, 1.807) is 11.9 Å². The normalized spacial score (nSPS) is 21.1. The molecule has 1 saturated heterocycles. The van der Waals surface area contributed by atoms with Crippen molar-refractivity contribution in [3.8, 4) is 11.8 Å². The van der Waals surface area contributed by atoms with Gasteiger partial charge >= 0.3 is 0 Å². The Morgan fingerprint density at radius 2 is 2.24 bits per heavy atom. The van der Waals surface area contributed by atoms with Gasteiger partial charge in [-0.15, -0.1) is 0 Å². The van der Waals surface area contributed by atoms with Crippen LogP contribution >= 0.6 is 0 Å². The van der Waals surface area contributed by atoms with Crippen LogP contribution in [-0.2, 0) is 4.79 Å². The number of pyridine rings is 1. The maximum Gasteiger partial charge on any atom is 0.230 e. The topological polar surface area (TPSA) is 89.2 Å². The fraction of sp³-hybridized carbons (Fsp3) is 0.500. The maximum absolute atomic E-state index is 12.9. The van der Waals surface area contributed by atoms with Crippen molar-refractivity contribution in [3.05, 3.63) is 18.1 Å². The molecule has 1 aromatic rings. The summed E-state index contributed by atoms with van der Waals surface area (Å²) < 4.78 is 12.9. The van der Waals surface area contributed by atoms with E-state index in [4.69, 9.17) is 5.26 Å². The van der Waals surface area contributed by atoms with Gasteiger partial charge in [0.25, 0.3) is 0 Å². The molecule has 0 aromatic carbocycles. The molecule has 1 aromatic heterocycles. The minimum absolute atomic E-state index is 0.201. The van der Waals surface area contributed by atoms with Gasteiger partial charge in [0.2, 0.25) is 11.9 Å². The number of anilines is 1. The number of nitriles is 1. The SMILES string of the molecule is CC.CN1CC(C(=O)Nc2nc(F)ccc2O)CC1C#N. The minimum atomic E-state index is -0.786. The maximum atomic E-state index is 12.9. The standard InChI is InChI=1S/C12H13FN4O2.C2H6/c1-17-6-7(4-8(17)5-14)12(19)16-11-9(18)2-3-10(13)15-11;1-2/h2-3,7-8,18H,4,6H2,1H3,(H,15,16,19);1-2H3. The van der Waals surface area contributed by atoms with Crippen molar-refractivity contribution in [2.24, 2.45) is 5.92 Å². The van der Waals surface area contributed by atoms with Crippen molar-refractivity contribution in [3.63, 3.8) is 0 Å². The van der Waals surface area contributed by atoms with Gasteiger partial charge < -0.3 is 10.4 Å². The molecule has 21 heavy (non-hydrogen) atoms. The number of aromatic hydroxyl groups is 1. The number of carbonyl (C=O) groups is 1. The largest absolute Gasteiger partial charge is 0.504 e. The molecule has 1 aliphatic rings. The van der Waals surface area contributed by atoms with Gasteiger partial charge in [-0.1, -0.05) is 13.8 Å². The molecule has 7 heteroatoms. The summed E-state index contributed by atoms with van der Waals surface area (Å²) in [5, 5.41) is 20.7.